The number of methoxy groups -OCH3 is 2. The molecule has 0 spiro atoms. The summed E-state index contributed by atoms with van der Waals surface area (Å²) >= 11 is 1.59. The quantitative estimate of drug-likeness (QED) is 0.689. The summed E-state index contributed by atoms with van der Waals surface area (Å²) in [7, 11) is 3.37. The first-order valence-electron chi connectivity index (χ1n) is 9.33. The summed E-state index contributed by atoms with van der Waals surface area (Å²) in [6.45, 7) is 3.77. The zero-order valence-corrected chi connectivity index (χ0v) is 17.0. The fraction of sp³-hybridized carbons (Fsp3) is 0.600. The highest BCUT2D eigenvalue weighted by Gasteiger charge is 2.30. The van der Waals surface area contributed by atoms with Crippen LogP contribution in [0.2, 0.25) is 0 Å². The first kappa shape index (κ1) is 20.0. The molecule has 1 aromatic heterocycles. The van der Waals surface area contributed by atoms with E-state index in [0.717, 1.165) is 40.9 Å². The number of carboxylic acids is 1. The van der Waals surface area contributed by atoms with Crippen molar-refractivity contribution in [2.24, 2.45) is 5.92 Å². The number of hydrogen-bond acceptors (Lipinski definition) is 6. The molecule has 6 nitrogen and oxygen atoms in total. The molecule has 1 aliphatic carbocycles. The van der Waals surface area contributed by atoms with Gasteiger partial charge in [-0.2, -0.15) is 0 Å². The predicted molar refractivity (Wildman–Crippen MR) is 105 cm³/mol. The van der Waals surface area contributed by atoms with E-state index < -0.39 is 5.97 Å². The van der Waals surface area contributed by atoms with Gasteiger partial charge in [0.2, 0.25) is 0 Å². The minimum atomic E-state index is -0.979. The number of carboxylic acid groups (broad SMARTS) is 1. The van der Waals surface area contributed by atoms with Gasteiger partial charge in [0.05, 0.1) is 21.3 Å². The van der Waals surface area contributed by atoms with E-state index in [1.807, 2.05) is 13.8 Å². The van der Waals surface area contributed by atoms with Gasteiger partial charge in [-0.1, -0.05) is 0 Å². The number of aromatic carboxylic acids is 1. The Morgan fingerprint density at radius 2 is 1.85 bits per heavy atom. The van der Waals surface area contributed by atoms with E-state index in [1.165, 1.54) is 0 Å². The van der Waals surface area contributed by atoms with Gasteiger partial charge in [0.15, 0.2) is 6.29 Å². The summed E-state index contributed by atoms with van der Waals surface area (Å²) in [6.07, 6.45) is 3.91. The molecule has 148 valence electrons. The molecule has 1 fully saturated rings. The van der Waals surface area contributed by atoms with Crippen molar-refractivity contribution in [2.45, 2.75) is 57.8 Å². The highest BCUT2D eigenvalue weighted by Crippen LogP contribution is 2.41. The van der Waals surface area contributed by atoms with Crippen LogP contribution >= 0.6 is 11.3 Å². The Kier molecular flexibility index (Phi) is 6.34. The molecule has 1 aromatic carbocycles. The second kappa shape index (κ2) is 8.54. The van der Waals surface area contributed by atoms with Crippen LogP contribution in [0.25, 0.3) is 10.2 Å². The van der Waals surface area contributed by atoms with E-state index >= 15 is 0 Å². The van der Waals surface area contributed by atoms with Crippen LogP contribution in [-0.4, -0.2) is 42.7 Å². The number of thiazole rings is 1. The number of fused-ring (bicyclic) bond motifs is 1. The van der Waals surface area contributed by atoms with Gasteiger partial charge in [0.25, 0.3) is 0 Å². The number of ether oxygens (including phenoxy) is 3. The van der Waals surface area contributed by atoms with Gasteiger partial charge in [-0.15, -0.1) is 11.3 Å². The molecular weight excluding hydrogens is 366 g/mol. The predicted octanol–water partition coefficient (Wildman–Crippen LogP) is 4.67. The molecule has 0 aliphatic heterocycles. The summed E-state index contributed by atoms with van der Waals surface area (Å²) < 4.78 is 17.4. The molecule has 0 amide bonds. The van der Waals surface area contributed by atoms with Crippen molar-refractivity contribution >= 4 is 27.5 Å². The highest BCUT2D eigenvalue weighted by molar-refractivity contribution is 7.18. The molecule has 1 N–H and O–H groups in total. The standard InChI is InChI=1S/C20H27NO5S/c1-11(2)26-16-10-15-17(9-14(16)19(22)23)27-18(21-15)12-5-7-13(8-6-12)20(24-3)25-4/h9-13,20H,5-8H2,1-4H3,(H,22,23). The number of hydrogen-bond donors (Lipinski definition) is 1. The minimum absolute atomic E-state index is 0.0940. The van der Waals surface area contributed by atoms with Crippen LogP contribution in [-0.2, 0) is 9.47 Å². The van der Waals surface area contributed by atoms with Gasteiger partial charge >= 0.3 is 5.97 Å². The van der Waals surface area contributed by atoms with Crippen LogP contribution in [0.5, 0.6) is 5.75 Å². The van der Waals surface area contributed by atoms with Crippen LogP contribution in [0.4, 0.5) is 0 Å². The van der Waals surface area contributed by atoms with E-state index in [-0.39, 0.29) is 18.0 Å². The average Bonchev–Trinajstić information content (AvgIpc) is 3.05. The lowest BCUT2D eigenvalue weighted by molar-refractivity contribution is -0.144. The van der Waals surface area contributed by atoms with E-state index in [0.29, 0.717) is 17.6 Å². The molecule has 0 radical (unpaired) electrons. The largest absolute Gasteiger partial charge is 0.490 e. The number of aromatic nitrogens is 1. The van der Waals surface area contributed by atoms with Gasteiger partial charge in [-0.3, -0.25) is 0 Å². The third-order valence-corrected chi connectivity index (χ3v) is 6.25. The Labute approximate surface area is 163 Å². The molecular formula is C20H27NO5S. The summed E-state index contributed by atoms with van der Waals surface area (Å²) in [5.41, 5.74) is 1.00. The molecule has 27 heavy (non-hydrogen) atoms. The molecule has 0 atom stereocenters. The Morgan fingerprint density at radius 1 is 1.19 bits per heavy atom. The molecule has 1 saturated carbocycles. The van der Waals surface area contributed by atoms with Crippen molar-refractivity contribution in [3.8, 4) is 5.75 Å². The fourth-order valence-corrected chi connectivity index (χ4v) is 4.94. The molecule has 0 bridgehead atoms. The lowest BCUT2D eigenvalue weighted by atomic mass is 9.82. The first-order chi connectivity index (χ1) is 12.9. The van der Waals surface area contributed by atoms with Crippen molar-refractivity contribution < 1.29 is 24.1 Å². The number of carbonyl (C=O) groups is 1. The van der Waals surface area contributed by atoms with Gasteiger partial charge in [-0.05, 0) is 45.6 Å². The van der Waals surface area contributed by atoms with E-state index in [1.54, 1.807) is 37.7 Å². The van der Waals surface area contributed by atoms with Crippen molar-refractivity contribution in [3.05, 3.63) is 22.7 Å². The van der Waals surface area contributed by atoms with Gasteiger partial charge in [0, 0.05) is 32.1 Å². The molecule has 2 aromatic rings. The summed E-state index contributed by atoms with van der Waals surface area (Å²) in [4.78, 5) is 16.4. The molecule has 0 saturated heterocycles. The zero-order chi connectivity index (χ0) is 19.6. The van der Waals surface area contributed by atoms with Crippen LogP contribution < -0.4 is 4.74 Å². The molecule has 0 unspecified atom stereocenters. The highest BCUT2D eigenvalue weighted by atomic mass is 32.1. The van der Waals surface area contributed by atoms with Gasteiger partial charge in [0.1, 0.15) is 11.3 Å². The molecule has 1 aliphatic rings. The van der Waals surface area contributed by atoms with E-state index in [9.17, 15) is 9.90 Å². The first-order valence-corrected chi connectivity index (χ1v) is 10.1. The van der Waals surface area contributed by atoms with Crippen LogP contribution in [0.3, 0.4) is 0 Å². The maximum absolute atomic E-state index is 11.6. The number of benzene rings is 1. The van der Waals surface area contributed by atoms with E-state index in [2.05, 4.69) is 0 Å². The van der Waals surface area contributed by atoms with Crippen LogP contribution in [0.15, 0.2) is 12.1 Å². The summed E-state index contributed by atoms with van der Waals surface area (Å²) in [5, 5.41) is 10.6. The SMILES string of the molecule is COC(OC)C1CCC(c2nc3cc(OC(C)C)c(C(=O)O)cc3s2)CC1. The maximum Gasteiger partial charge on any atom is 0.339 e. The lowest BCUT2D eigenvalue weighted by Crippen LogP contribution is -2.28. The minimum Gasteiger partial charge on any atom is -0.490 e. The molecule has 7 heteroatoms. The van der Waals surface area contributed by atoms with Gasteiger partial charge < -0.3 is 19.3 Å². The van der Waals surface area contributed by atoms with Crippen molar-refractivity contribution in [1.82, 2.24) is 4.98 Å². The third kappa shape index (κ3) is 4.42. The maximum atomic E-state index is 11.6. The topological polar surface area (TPSA) is 77.9 Å². The molecule has 1 heterocycles. The zero-order valence-electron chi connectivity index (χ0n) is 16.2. The normalized spacial score (nSPS) is 20.5. The van der Waals surface area contributed by atoms with Crippen LogP contribution in [0.1, 0.15) is 60.8 Å². The Morgan fingerprint density at radius 3 is 2.41 bits per heavy atom. The van der Waals surface area contributed by atoms with Gasteiger partial charge in [-0.25, -0.2) is 9.78 Å². The molecule has 3 rings (SSSR count). The van der Waals surface area contributed by atoms with E-state index in [4.69, 9.17) is 19.2 Å². The lowest BCUT2D eigenvalue weighted by Gasteiger charge is -2.31. The number of nitrogens with zero attached hydrogens (tertiary/aromatic N) is 1. The second-order valence-electron chi connectivity index (χ2n) is 7.29. The number of rotatable bonds is 7. The summed E-state index contributed by atoms with van der Waals surface area (Å²) in [5.74, 6) is 0.216. The van der Waals surface area contributed by atoms with Crippen LogP contribution in [0, 0.1) is 5.92 Å². The van der Waals surface area contributed by atoms with Crippen molar-refractivity contribution in [3.63, 3.8) is 0 Å². The Bertz CT molecular complexity index is 791. The Hall–Kier alpha value is -1.70. The second-order valence-corrected chi connectivity index (χ2v) is 8.35. The van der Waals surface area contributed by atoms with Crippen molar-refractivity contribution in [1.29, 1.82) is 0 Å². The monoisotopic (exact) mass is 393 g/mol. The summed E-state index contributed by atoms with van der Waals surface area (Å²) in [6, 6.07) is 3.45. The fourth-order valence-electron chi connectivity index (χ4n) is 3.79. The average molecular weight is 394 g/mol. The Balaban J connectivity index is 1.82. The smallest absolute Gasteiger partial charge is 0.339 e. The van der Waals surface area contributed by atoms with Crippen molar-refractivity contribution in [2.75, 3.05) is 14.2 Å². The third-order valence-electron chi connectivity index (χ3n) is 5.07.